The highest BCUT2D eigenvalue weighted by Crippen LogP contribution is 2.21. The highest BCUT2D eigenvalue weighted by molar-refractivity contribution is 6.31. The summed E-state index contributed by atoms with van der Waals surface area (Å²) in [5, 5.41) is 0.702. The molecule has 1 radical (unpaired) electrons. The number of rotatable bonds is 2. The Hall–Kier alpha value is -0.430. The summed E-state index contributed by atoms with van der Waals surface area (Å²) in [5.74, 6) is 0.812. The minimum atomic E-state index is 0.676. The van der Waals surface area contributed by atoms with Crippen molar-refractivity contribution in [1.29, 1.82) is 0 Å². The van der Waals surface area contributed by atoms with E-state index in [1.165, 1.54) is 0 Å². The third-order valence-electron chi connectivity index (χ3n) is 1.24. The van der Waals surface area contributed by atoms with Crippen LogP contribution in [0.1, 0.15) is 13.3 Å². The van der Waals surface area contributed by atoms with E-state index in [1.807, 2.05) is 25.5 Å². The van der Waals surface area contributed by atoms with Gasteiger partial charge in [-0.1, -0.05) is 17.7 Å². The molecule has 55 valence electrons. The van der Waals surface area contributed by atoms with Crippen LogP contribution in [0.4, 0.5) is 0 Å². The first kappa shape index (κ1) is 7.67. The van der Waals surface area contributed by atoms with E-state index in [4.69, 9.17) is 16.3 Å². The number of hydrogen-bond acceptors (Lipinski definition) is 1. The van der Waals surface area contributed by atoms with Crippen molar-refractivity contribution in [3.05, 3.63) is 29.4 Å². The maximum absolute atomic E-state index is 5.80. The molecule has 1 aliphatic carbocycles. The van der Waals surface area contributed by atoms with Crippen LogP contribution in [0, 0.1) is 6.42 Å². The molecular weight excluding hydrogens is 148 g/mol. The van der Waals surface area contributed by atoms with E-state index >= 15 is 0 Å². The summed E-state index contributed by atoms with van der Waals surface area (Å²) in [5.41, 5.74) is 0. The van der Waals surface area contributed by atoms with Crippen LogP contribution in [0.25, 0.3) is 0 Å². The van der Waals surface area contributed by atoms with Crippen LogP contribution in [0.5, 0.6) is 0 Å². The summed E-state index contributed by atoms with van der Waals surface area (Å²) in [6.45, 7) is 2.62. The van der Waals surface area contributed by atoms with Crippen molar-refractivity contribution in [3.8, 4) is 0 Å². The Labute approximate surface area is 66.3 Å². The van der Waals surface area contributed by atoms with E-state index in [0.717, 1.165) is 12.2 Å². The molecule has 0 aromatic heterocycles. The molecule has 10 heavy (non-hydrogen) atoms. The van der Waals surface area contributed by atoms with Gasteiger partial charge in [-0.2, -0.15) is 0 Å². The first-order valence-electron chi connectivity index (χ1n) is 3.37. The Bertz CT molecular complexity index is 170. The number of hydrogen-bond donors (Lipinski definition) is 0. The van der Waals surface area contributed by atoms with Gasteiger partial charge in [0.05, 0.1) is 11.6 Å². The summed E-state index contributed by atoms with van der Waals surface area (Å²) in [6.07, 6.45) is 6.77. The third kappa shape index (κ3) is 1.77. The molecule has 0 amide bonds. The van der Waals surface area contributed by atoms with E-state index < -0.39 is 0 Å². The van der Waals surface area contributed by atoms with Crippen molar-refractivity contribution in [1.82, 2.24) is 0 Å². The van der Waals surface area contributed by atoms with Crippen molar-refractivity contribution in [3.63, 3.8) is 0 Å². The van der Waals surface area contributed by atoms with Crippen LogP contribution in [0.3, 0.4) is 0 Å². The molecule has 0 N–H and O–H groups in total. The predicted octanol–water partition coefficient (Wildman–Crippen LogP) is 2.64. The smallest absolute Gasteiger partial charge is 0.133 e. The van der Waals surface area contributed by atoms with Crippen LogP contribution in [-0.2, 0) is 4.74 Å². The van der Waals surface area contributed by atoms with Gasteiger partial charge in [0.2, 0.25) is 0 Å². The standard InChI is InChI=1S/C8H10ClO/c1-2-10-8-6-4-3-5-7(8)9/h3,5-6H,2,4H2,1H3. The summed E-state index contributed by atoms with van der Waals surface area (Å²) in [7, 11) is 0. The number of halogens is 1. The normalized spacial score (nSPS) is 17.8. The fourth-order valence-corrected chi connectivity index (χ4v) is 1.03. The largest absolute Gasteiger partial charge is 0.493 e. The average Bonchev–Trinajstić information content (AvgIpc) is 1.94. The van der Waals surface area contributed by atoms with Crippen molar-refractivity contribution < 1.29 is 4.74 Å². The number of ether oxygens (including phenoxy) is 1. The van der Waals surface area contributed by atoms with E-state index in [0.29, 0.717) is 11.6 Å². The van der Waals surface area contributed by atoms with Gasteiger partial charge in [-0.3, -0.25) is 0 Å². The maximum atomic E-state index is 5.80. The fraction of sp³-hybridized carbons (Fsp3) is 0.375. The Morgan fingerprint density at radius 2 is 2.50 bits per heavy atom. The van der Waals surface area contributed by atoms with E-state index in [9.17, 15) is 0 Å². The molecule has 0 heterocycles. The minimum absolute atomic E-state index is 0.676. The molecule has 0 spiro atoms. The molecule has 0 aromatic carbocycles. The highest BCUT2D eigenvalue weighted by atomic mass is 35.5. The van der Waals surface area contributed by atoms with Crippen LogP contribution in [0.15, 0.2) is 22.9 Å². The van der Waals surface area contributed by atoms with Gasteiger partial charge in [0.1, 0.15) is 5.76 Å². The van der Waals surface area contributed by atoms with Gasteiger partial charge in [0, 0.05) is 0 Å². The van der Waals surface area contributed by atoms with Gasteiger partial charge in [0.25, 0.3) is 0 Å². The zero-order valence-electron chi connectivity index (χ0n) is 5.93. The van der Waals surface area contributed by atoms with Crippen LogP contribution in [0.2, 0.25) is 0 Å². The molecular formula is C8H10ClO. The zero-order chi connectivity index (χ0) is 7.40. The second-order valence-electron chi connectivity index (χ2n) is 1.99. The summed E-state index contributed by atoms with van der Waals surface area (Å²) in [4.78, 5) is 0. The van der Waals surface area contributed by atoms with Crippen LogP contribution in [-0.4, -0.2) is 6.61 Å². The second-order valence-corrected chi connectivity index (χ2v) is 2.39. The summed E-state index contributed by atoms with van der Waals surface area (Å²) >= 11 is 5.80. The van der Waals surface area contributed by atoms with Crippen molar-refractivity contribution >= 4 is 11.6 Å². The van der Waals surface area contributed by atoms with E-state index in [2.05, 4.69) is 0 Å². The molecule has 0 atom stereocenters. The van der Waals surface area contributed by atoms with Gasteiger partial charge in [-0.15, -0.1) is 0 Å². The molecule has 2 heteroatoms. The Morgan fingerprint density at radius 1 is 1.70 bits per heavy atom. The van der Waals surface area contributed by atoms with Crippen LogP contribution < -0.4 is 0 Å². The lowest BCUT2D eigenvalue weighted by Gasteiger charge is -2.10. The lowest BCUT2D eigenvalue weighted by molar-refractivity contribution is 0.239. The lowest BCUT2D eigenvalue weighted by Crippen LogP contribution is -1.95. The lowest BCUT2D eigenvalue weighted by atomic mass is 10.2. The molecule has 0 unspecified atom stereocenters. The third-order valence-corrected chi connectivity index (χ3v) is 1.55. The Balaban J connectivity index is 2.56. The number of allylic oxidation sites excluding steroid dienone is 3. The van der Waals surface area contributed by atoms with Crippen molar-refractivity contribution in [2.75, 3.05) is 6.61 Å². The quantitative estimate of drug-likeness (QED) is 0.599. The first-order valence-corrected chi connectivity index (χ1v) is 3.74. The minimum Gasteiger partial charge on any atom is -0.493 e. The van der Waals surface area contributed by atoms with Crippen molar-refractivity contribution in [2.24, 2.45) is 0 Å². The van der Waals surface area contributed by atoms with Crippen molar-refractivity contribution in [2.45, 2.75) is 13.3 Å². The monoisotopic (exact) mass is 157 g/mol. The van der Waals surface area contributed by atoms with Gasteiger partial charge >= 0.3 is 0 Å². The summed E-state index contributed by atoms with van der Waals surface area (Å²) < 4.78 is 5.24. The van der Waals surface area contributed by atoms with E-state index in [1.54, 1.807) is 0 Å². The highest BCUT2D eigenvalue weighted by Gasteiger charge is 2.05. The van der Waals surface area contributed by atoms with Gasteiger partial charge in [0.15, 0.2) is 0 Å². The topological polar surface area (TPSA) is 9.23 Å². The Morgan fingerprint density at radius 3 is 3.10 bits per heavy atom. The van der Waals surface area contributed by atoms with Crippen LogP contribution >= 0.6 is 11.6 Å². The maximum Gasteiger partial charge on any atom is 0.133 e. The Kier molecular flexibility index (Phi) is 2.82. The molecule has 1 aliphatic rings. The first-order chi connectivity index (χ1) is 4.84. The molecule has 0 aromatic rings. The molecule has 0 fully saturated rings. The molecule has 1 rings (SSSR count). The van der Waals surface area contributed by atoms with Gasteiger partial charge < -0.3 is 4.74 Å². The zero-order valence-corrected chi connectivity index (χ0v) is 6.69. The van der Waals surface area contributed by atoms with E-state index in [-0.39, 0.29) is 0 Å². The molecule has 0 bridgehead atoms. The fourth-order valence-electron chi connectivity index (χ4n) is 0.810. The molecule has 1 nitrogen and oxygen atoms in total. The molecule has 0 saturated carbocycles. The second kappa shape index (κ2) is 3.67. The molecule has 0 saturated heterocycles. The molecule has 0 aliphatic heterocycles. The van der Waals surface area contributed by atoms with Gasteiger partial charge in [-0.25, -0.2) is 0 Å². The SMILES string of the molecule is CCOC1=CC[CH]C=C1Cl. The predicted molar refractivity (Wildman–Crippen MR) is 42.6 cm³/mol. The van der Waals surface area contributed by atoms with Gasteiger partial charge in [-0.05, 0) is 25.8 Å². The average molecular weight is 158 g/mol. The summed E-state index contributed by atoms with van der Waals surface area (Å²) in [6, 6.07) is 0.